The maximum Gasteiger partial charge on any atom is 0.323 e. The van der Waals surface area contributed by atoms with E-state index in [1.165, 1.54) is 11.8 Å². The van der Waals surface area contributed by atoms with Crippen LogP contribution in [0.1, 0.15) is 18.1 Å². The summed E-state index contributed by atoms with van der Waals surface area (Å²) in [5, 5.41) is 4.54. The van der Waals surface area contributed by atoms with Crippen LogP contribution in [0.3, 0.4) is 0 Å². The third-order valence-corrected chi connectivity index (χ3v) is 5.69. The van der Waals surface area contributed by atoms with Gasteiger partial charge in [0.2, 0.25) is 5.91 Å². The van der Waals surface area contributed by atoms with Crippen LogP contribution in [0.5, 0.6) is 0 Å². The van der Waals surface area contributed by atoms with Gasteiger partial charge >= 0.3 is 5.69 Å². The second-order valence-corrected chi connectivity index (χ2v) is 8.20. The molecule has 4 rings (SSSR count). The molecule has 142 valence electrons. The van der Waals surface area contributed by atoms with E-state index < -0.39 is 0 Å². The summed E-state index contributed by atoms with van der Waals surface area (Å²) in [6, 6.07) is 13.4. The number of para-hydroxylation sites is 1. The number of fused-ring (bicyclic) bond motifs is 2. The second-order valence-electron chi connectivity index (χ2n) is 6.84. The Morgan fingerprint density at radius 1 is 1.07 bits per heavy atom. The van der Waals surface area contributed by atoms with Crippen molar-refractivity contribution in [2.45, 2.75) is 31.0 Å². The molecular weight excluding hydrogens is 372 g/mol. The minimum Gasteiger partial charge on any atom is -0.325 e. The van der Waals surface area contributed by atoms with E-state index in [1.54, 1.807) is 18.2 Å². The van der Waals surface area contributed by atoms with Gasteiger partial charge in [-0.3, -0.25) is 4.79 Å². The predicted molar refractivity (Wildman–Crippen MR) is 114 cm³/mol. The molecule has 0 radical (unpaired) electrons. The average molecular weight is 392 g/mol. The second kappa shape index (κ2) is 7.16. The van der Waals surface area contributed by atoms with E-state index in [1.807, 2.05) is 32.0 Å². The molecule has 0 saturated heterocycles. The number of aromatic amines is 2. The zero-order valence-electron chi connectivity index (χ0n) is 15.8. The van der Waals surface area contributed by atoms with Gasteiger partial charge in [0.1, 0.15) is 0 Å². The lowest BCUT2D eigenvalue weighted by Gasteiger charge is -2.13. The van der Waals surface area contributed by atoms with Gasteiger partial charge in [-0.1, -0.05) is 30.0 Å². The van der Waals surface area contributed by atoms with E-state index in [4.69, 9.17) is 4.98 Å². The van der Waals surface area contributed by atoms with Crippen molar-refractivity contribution in [1.82, 2.24) is 15.0 Å². The van der Waals surface area contributed by atoms with Crippen molar-refractivity contribution in [1.29, 1.82) is 0 Å². The van der Waals surface area contributed by atoms with Gasteiger partial charge in [-0.25, -0.2) is 9.78 Å². The lowest BCUT2D eigenvalue weighted by atomic mass is 10.1. The topological polar surface area (TPSA) is 90.6 Å². The molecule has 1 amide bonds. The molecule has 0 aliphatic carbocycles. The lowest BCUT2D eigenvalue weighted by molar-refractivity contribution is -0.115. The monoisotopic (exact) mass is 392 g/mol. The first-order valence-electron chi connectivity index (χ1n) is 8.97. The van der Waals surface area contributed by atoms with Gasteiger partial charge in [0.15, 0.2) is 0 Å². The quantitative estimate of drug-likeness (QED) is 0.455. The Kier molecular flexibility index (Phi) is 4.68. The van der Waals surface area contributed by atoms with Crippen molar-refractivity contribution >= 4 is 45.3 Å². The van der Waals surface area contributed by atoms with Gasteiger partial charge in [-0.15, -0.1) is 0 Å². The zero-order valence-corrected chi connectivity index (χ0v) is 16.6. The number of nitrogens with zero attached hydrogens (tertiary/aromatic N) is 1. The van der Waals surface area contributed by atoms with Crippen LogP contribution in [0.15, 0.2) is 52.3 Å². The highest BCUT2D eigenvalue weighted by molar-refractivity contribution is 8.00. The number of thioether (sulfide) groups is 1. The first-order valence-corrected chi connectivity index (χ1v) is 9.85. The van der Waals surface area contributed by atoms with Gasteiger partial charge < -0.3 is 15.3 Å². The highest BCUT2D eigenvalue weighted by atomic mass is 32.2. The molecule has 2 heterocycles. The Balaban J connectivity index is 1.53. The smallest absolute Gasteiger partial charge is 0.323 e. The van der Waals surface area contributed by atoms with Crippen LogP contribution in [0.2, 0.25) is 0 Å². The van der Waals surface area contributed by atoms with E-state index in [9.17, 15) is 9.59 Å². The number of rotatable bonds is 4. The number of benzene rings is 2. The first kappa shape index (κ1) is 18.3. The Morgan fingerprint density at radius 2 is 1.86 bits per heavy atom. The number of carbonyl (C=O) groups is 1. The molecule has 0 aliphatic heterocycles. The van der Waals surface area contributed by atoms with Gasteiger partial charge in [-0.05, 0) is 56.2 Å². The standard InChI is InChI=1S/C21H20N4O2S/c1-11-5-4-6-15-12(2)9-18(25-19(11)15)28-13(3)20(26)22-14-7-8-16-17(10-14)24-21(27)23-16/h4-10,13H,1-3H3,(H,22,26)(H2,23,24,27)/t13-/m0/s1. The molecule has 1 atom stereocenters. The molecule has 0 bridgehead atoms. The number of imidazole rings is 1. The maximum atomic E-state index is 12.6. The van der Waals surface area contributed by atoms with Crippen molar-refractivity contribution in [2.24, 2.45) is 0 Å². The summed E-state index contributed by atoms with van der Waals surface area (Å²) in [5.41, 5.74) is 4.97. The Hall–Kier alpha value is -3.06. The van der Waals surface area contributed by atoms with Crippen molar-refractivity contribution in [2.75, 3.05) is 5.32 Å². The molecule has 28 heavy (non-hydrogen) atoms. The van der Waals surface area contributed by atoms with Crippen molar-refractivity contribution in [3.63, 3.8) is 0 Å². The van der Waals surface area contributed by atoms with Gasteiger partial charge in [0.05, 0.1) is 26.8 Å². The minimum absolute atomic E-state index is 0.119. The number of anilines is 1. The Labute approximate surface area is 165 Å². The molecule has 0 fully saturated rings. The van der Waals surface area contributed by atoms with Crippen molar-refractivity contribution < 1.29 is 4.79 Å². The molecule has 2 aromatic heterocycles. The minimum atomic E-state index is -0.325. The fraction of sp³-hybridized carbons (Fsp3) is 0.190. The summed E-state index contributed by atoms with van der Waals surface area (Å²) in [7, 11) is 0. The van der Waals surface area contributed by atoms with E-state index in [0.717, 1.165) is 27.1 Å². The average Bonchev–Trinajstić information content (AvgIpc) is 3.02. The Bertz CT molecular complexity index is 1260. The van der Waals surface area contributed by atoms with Gasteiger partial charge in [-0.2, -0.15) is 0 Å². The molecule has 6 nitrogen and oxygen atoms in total. The fourth-order valence-electron chi connectivity index (χ4n) is 3.18. The summed E-state index contributed by atoms with van der Waals surface area (Å²) < 4.78 is 0. The number of amides is 1. The van der Waals surface area contributed by atoms with Crippen molar-refractivity contribution in [3.8, 4) is 0 Å². The van der Waals surface area contributed by atoms with Crippen LogP contribution in [-0.4, -0.2) is 26.1 Å². The van der Waals surface area contributed by atoms with Crippen LogP contribution in [0.4, 0.5) is 5.69 Å². The molecular formula is C21H20N4O2S. The lowest BCUT2D eigenvalue weighted by Crippen LogP contribution is -2.22. The number of carbonyl (C=O) groups excluding carboxylic acids is 1. The highest BCUT2D eigenvalue weighted by Crippen LogP contribution is 2.28. The van der Waals surface area contributed by atoms with Crippen LogP contribution < -0.4 is 11.0 Å². The number of aryl methyl sites for hydroxylation is 2. The predicted octanol–water partition coefficient (Wildman–Crippen LogP) is 4.14. The summed E-state index contributed by atoms with van der Waals surface area (Å²) in [6.45, 7) is 5.96. The fourth-order valence-corrected chi connectivity index (χ4v) is 4.10. The van der Waals surface area contributed by atoms with Gasteiger partial charge in [0, 0.05) is 11.1 Å². The van der Waals surface area contributed by atoms with Gasteiger partial charge in [0.25, 0.3) is 0 Å². The molecule has 0 aliphatic rings. The third-order valence-electron chi connectivity index (χ3n) is 4.67. The number of hydrogen-bond donors (Lipinski definition) is 3. The molecule has 7 heteroatoms. The summed E-state index contributed by atoms with van der Waals surface area (Å²) in [6.07, 6.45) is 0. The number of aromatic nitrogens is 3. The van der Waals surface area contributed by atoms with Crippen molar-refractivity contribution in [3.05, 3.63) is 64.1 Å². The SMILES string of the molecule is Cc1cc(S[C@@H](C)C(=O)Nc2ccc3[nH]c(=O)[nH]c3c2)nc2c(C)cccc12. The van der Waals surface area contributed by atoms with Crippen LogP contribution in [-0.2, 0) is 4.79 Å². The molecule has 4 aromatic rings. The van der Waals surface area contributed by atoms with Crippen LogP contribution in [0, 0.1) is 13.8 Å². The van der Waals surface area contributed by atoms with E-state index in [0.29, 0.717) is 16.7 Å². The Morgan fingerprint density at radius 3 is 2.68 bits per heavy atom. The van der Waals surface area contributed by atoms with E-state index in [-0.39, 0.29) is 16.8 Å². The van der Waals surface area contributed by atoms with Crippen LogP contribution >= 0.6 is 11.8 Å². The highest BCUT2D eigenvalue weighted by Gasteiger charge is 2.17. The number of nitrogens with one attached hydrogen (secondary N) is 3. The molecule has 0 unspecified atom stereocenters. The first-order chi connectivity index (χ1) is 13.4. The third kappa shape index (κ3) is 3.53. The maximum absolute atomic E-state index is 12.6. The molecule has 2 aromatic carbocycles. The summed E-state index contributed by atoms with van der Waals surface area (Å²) >= 11 is 1.43. The number of hydrogen-bond acceptors (Lipinski definition) is 4. The summed E-state index contributed by atoms with van der Waals surface area (Å²) in [5.74, 6) is -0.119. The van der Waals surface area contributed by atoms with Crippen LogP contribution in [0.25, 0.3) is 21.9 Å². The number of H-pyrrole nitrogens is 2. The van der Waals surface area contributed by atoms with E-state index in [2.05, 4.69) is 28.3 Å². The van der Waals surface area contributed by atoms with E-state index >= 15 is 0 Å². The molecule has 3 N–H and O–H groups in total. The summed E-state index contributed by atoms with van der Waals surface area (Å²) in [4.78, 5) is 34.1. The largest absolute Gasteiger partial charge is 0.325 e. The normalized spacial score (nSPS) is 12.4. The molecule has 0 saturated carbocycles. The zero-order chi connectivity index (χ0) is 19.8. The number of pyridine rings is 1. The molecule has 0 spiro atoms.